The van der Waals surface area contributed by atoms with E-state index in [0.717, 1.165) is 16.7 Å². The SMILES string of the molecule is CCOc1cc(CNCC(O)c2ccccc2)ccc1OCc1ccccc1Cl.Cl. The topological polar surface area (TPSA) is 50.7 Å². The van der Waals surface area contributed by atoms with Gasteiger partial charge in [-0.3, -0.25) is 0 Å². The highest BCUT2D eigenvalue weighted by Gasteiger charge is 2.10. The van der Waals surface area contributed by atoms with Gasteiger partial charge in [0.2, 0.25) is 0 Å². The fourth-order valence-electron chi connectivity index (χ4n) is 2.97. The molecule has 2 N–H and O–H groups in total. The van der Waals surface area contributed by atoms with Crippen LogP contribution in [0.1, 0.15) is 29.7 Å². The molecule has 0 saturated heterocycles. The summed E-state index contributed by atoms with van der Waals surface area (Å²) in [6.45, 7) is 3.96. The van der Waals surface area contributed by atoms with E-state index in [-0.39, 0.29) is 12.4 Å². The van der Waals surface area contributed by atoms with Crippen molar-refractivity contribution in [1.29, 1.82) is 0 Å². The lowest BCUT2D eigenvalue weighted by molar-refractivity contribution is 0.174. The van der Waals surface area contributed by atoms with Crippen molar-refractivity contribution in [2.75, 3.05) is 13.2 Å². The minimum absolute atomic E-state index is 0. The summed E-state index contributed by atoms with van der Waals surface area (Å²) in [6, 6.07) is 23.1. The standard InChI is InChI=1S/C24H26ClNO3.ClH/c1-2-28-24-14-18(15-26-16-22(27)19-8-4-3-5-9-19)12-13-23(24)29-17-20-10-6-7-11-21(20)25;/h3-14,22,26-27H,2,15-17H2,1H3;1H. The van der Waals surface area contributed by atoms with Crippen LogP contribution in [0.5, 0.6) is 11.5 Å². The molecule has 3 rings (SSSR count). The summed E-state index contributed by atoms with van der Waals surface area (Å²) in [7, 11) is 0. The Morgan fingerprint density at radius 2 is 1.67 bits per heavy atom. The summed E-state index contributed by atoms with van der Waals surface area (Å²) in [6.07, 6.45) is -0.541. The number of hydrogen-bond donors (Lipinski definition) is 2. The molecule has 3 aromatic rings. The van der Waals surface area contributed by atoms with Crippen molar-refractivity contribution >= 4 is 24.0 Å². The van der Waals surface area contributed by atoms with Gasteiger partial charge in [-0.2, -0.15) is 0 Å². The van der Waals surface area contributed by atoms with E-state index >= 15 is 0 Å². The Morgan fingerprint density at radius 1 is 0.933 bits per heavy atom. The molecule has 0 aliphatic carbocycles. The first-order chi connectivity index (χ1) is 14.2. The summed E-state index contributed by atoms with van der Waals surface area (Å²) >= 11 is 6.20. The number of nitrogens with one attached hydrogen (secondary N) is 1. The van der Waals surface area contributed by atoms with Crippen LogP contribution in [0.4, 0.5) is 0 Å². The van der Waals surface area contributed by atoms with Crippen LogP contribution in [0.15, 0.2) is 72.8 Å². The molecule has 160 valence electrons. The Kier molecular flexibility index (Phi) is 9.98. The van der Waals surface area contributed by atoms with E-state index in [2.05, 4.69) is 5.32 Å². The van der Waals surface area contributed by atoms with Crippen LogP contribution in [0.3, 0.4) is 0 Å². The Morgan fingerprint density at radius 3 is 2.40 bits per heavy atom. The Hall–Kier alpha value is -2.24. The molecule has 0 amide bonds. The molecule has 0 aromatic heterocycles. The first kappa shape index (κ1) is 24.0. The molecule has 0 radical (unpaired) electrons. The maximum atomic E-state index is 10.3. The van der Waals surface area contributed by atoms with Gasteiger partial charge in [-0.05, 0) is 36.2 Å². The van der Waals surface area contributed by atoms with Crippen LogP contribution >= 0.6 is 24.0 Å². The molecule has 1 unspecified atom stereocenters. The molecule has 0 fully saturated rings. The van der Waals surface area contributed by atoms with Crippen LogP contribution in [0.2, 0.25) is 5.02 Å². The van der Waals surface area contributed by atoms with Gasteiger partial charge in [0.15, 0.2) is 11.5 Å². The fourth-order valence-corrected chi connectivity index (χ4v) is 3.16. The number of rotatable bonds is 10. The van der Waals surface area contributed by atoms with Gasteiger partial charge in [-0.1, -0.05) is 66.2 Å². The summed E-state index contributed by atoms with van der Waals surface area (Å²) in [5.74, 6) is 1.38. The van der Waals surface area contributed by atoms with Crippen molar-refractivity contribution in [3.63, 3.8) is 0 Å². The predicted molar refractivity (Wildman–Crippen MR) is 124 cm³/mol. The summed E-state index contributed by atoms with van der Waals surface area (Å²) in [4.78, 5) is 0. The highest BCUT2D eigenvalue weighted by atomic mass is 35.5. The van der Waals surface area contributed by atoms with E-state index in [1.54, 1.807) is 0 Å². The zero-order valence-electron chi connectivity index (χ0n) is 16.9. The minimum Gasteiger partial charge on any atom is -0.490 e. The van der Waals surface area contributed by atoms with Gasteiger partial charge in [0.1, 0.15) is 6.61 Å². The summed E-state index contributed by atoms with van der Waals surface area (Å²) in [5, 5.41) is 14.2. The third-order valence-corrected chi connectivity index (χ3v) is 4.87. The van der Waals surface area contributed by atoms with Crippen molar-refractivity contribution < 1.29 is 14.6 Å². The second-order valence-corrected chi connectivity index (χ2v) is 7.06. The number of aliphatic hydroxyl groups is 1. The Bertz CT molecular complexity index is 906. The summed E-state index contributed by atoms with van der Waals surface area (Å²) < 4.78 is 11.7. The number of hydrogen-bond acceptors (Lipinski definition) is 4. The third kappa shape index (κ3) is 6.92. The second-order valence-electron chi connectivity index (χ2n) is 6.65. The number of aliphatic hydroxyl groups excluding tert-OH is 1. The van der Waals surface area contributed by atoms with Crippen molar-refractivity contribution in [2.45, 2.75) is 26.2 Å². The lowest BCUT2D eigenvalue weighted by atomic mass is 10.1. The normalized spacial score (nSPS) is 11.4. The van der Waals surface area contributed by atoms with E-state index in [9.17, 15) is 5.11 Å². The van der Waals surface area contributed by atoms with E-state index < -0.39 is 6.10 Å². The zero-order valence-corrected chi connectivity index (χ0v) is 18.5. The van der Waals surface area contributed by atoms with E-state index in [1.165, 1.54) is 0 Å². The van der Waals surface area contributed by atoms with Crippen LogP contribution in [-0.2, 0) is 13.2 Å². The largest absolute Gasteiger partial charge is 0.490 e. The lowest BCUT2D eigenvalue weighted by Gasteiger charge is -2.15. The van der Waals surface area contributed by atoms with Crippen molar-refractivity contribution in [2.24, 2.45) is 0 Å². The van der Waals surface area contributed by atoms with Crippen LogP contribution in [-0.4, -0.2) is 18.3 Å². The van der Waals surface area contributed by atoms with Gasteiger partial charge in [-0.15, -0.1) is 12.4 Å². The van der Waals surface area contributed by atoms with E-state index in [0.29, 0.717) is 42.8 Å². The zero-order chi connectivity index (χ0) is 20.5. The second kappa shape index (κ2) is 12.5. The monoisotopic (exact) mass is 447 g/mol. The van der Waals surface area contributed by atoms with E-state index in [1.807, 2.05) is 79.7 Å². The Balaban J connectivity index is 0.00000320. The maximum absolute atomic E-state index is 10.3. The quantitative estimate of drug-likeness (QED) is 0.426. The third-order valence-electron chi connectivity index (χ3n) is 4.50. The number of benzene rings is 3. The molecule has 6 heteroatoms. The smallest absolute Gasteiger partial charge is 0.161 e. The van der Waals surface area contributed by atoms with Gasteiger partial charge < -0.3 is 19.9 Å². The molecule has 0 aliphatic heterocycles. The lowest BCUT2D eigenvalue weighted by Crippen LogP contribution is -2.21. The van der Waals surface area contributed by atoms with Gasteiger partial charge in [0, 0.05) is 23.7 Å². The van der Waals surface area contributed by atoms with Gasteiger partial charge in [0.05, 0.1) is 12.7 Å². The average Bonchev–Trinajstić information content (AvgIpc) is 2.75. The van der Waals surface area contributed by atoms with Gasteiger partial charge in [-0.25, -0.2) is 0 Å². The molecule has 30 heavy (non-hydrogen) atoms. The molecule has 0 bridgehead atoms. The van der Waals surface area contributed by atoms with Gasteiger partial charge in [0.25, 0.3) is 0 Å². The molecule has 4 nitrogen and oxygen atoms in total. The van der Waals surface area contributed by atoms with Crippen LogP contribution in [0.25, 0.3) is 0 Å². The molecule has 1 atom stereocenters. The first-order valence-corrected chi connectivity index (χ1v) is 10.1. The van der Waals surface area contributed by atoms with Crippen LogP contribution < -0.4 is 14.8 Å². The number of ether oxygens (including phenoxy) is 2. The highest BCUT2D eigenvalue weighted by Crippen LogP contribution is 2.30. The molecular formula is C24H27Cl2NO3. The molecule has 0 saturated carbocycles. The fraction of sp³-hybridized carbons (Fsp3) is 0.250. The van der Waals surface area contributed by atoms with Crippen LogP contribution in [0, 0.1) is 0 Å². The highest BCUT2D eigenvalue weighted by molar-refractivity contribution is 6.31. The summed E-state index contributed by atoms with van der Waals surface area (Å²) in [5.41, 5.74) is 2.88. The van der Waals surface area contributed by atoms with Crippen molar-refractivity contribution in [3.05, 3.63) is 94.5 Å². The average molecular weight is 448 g/mol. The number of halogens is 2. The molecule has 0 heterocycles. The maximum Gasteiger partial charge on any atom is 0.161 e. The Labute approximate surface area is 189 Å². The first-order valence-electron chi connectivity index (χ1n) is 9.73. The van der Waals surface area contributed by atoms with Crippen molar-refractivity contribution in [3.8, 4) is 11.5 Å². The molecule has 3 aromatic carbocycles. The van der Waals surface area contributed by atoms with E-state index in [4.69, 9.17) is 21.1 Å². The molecule has 0 spiro atoms. The molecular weight excluding hydrogens is 421 g/mol. The van der Waals surface area contributed by atoms with Gasteiger partial charge >= 0.3 is 0 Å². The molecule has 0 aliphatic rings. The predicted octanol–water partition coefficient (Wildman–Crippen LogP) is 5.56. The minimum atomic E-state index is -0.541. The van der Waals surface area contributed by atoms with Crippen molar-refractivity contribution in [1.82, 2.24) is 5.32 Å².